The van der Waals surface area contributed by atoms with E-state index in [0.717, 1.165) is 135 Å². The first-order valence-corrected chi connectivity index (χ1v) is 25.5. The van der Waals surface area contributed by atoms with Crippen molar-refractivity contribution in [2.75, 3.05) is 13.2 Å². The van der Waals surface area contributed by atoms with Crippen LogP contribution in [0.2, 0.25) is 0 Å². The van der Waals surface area contributed by atoms with Gasteiger partial charge in [-0.2, -0.15) is 0 Å². The molecule has 64 heavy (non-hydrogen) atoms. The number of hydrogen-bond acceptors (Lipinski definition) is 6. The van der Waals surface area contributed by atoms with Gasteiger partial charge in [-0.15, -0.1) is 0 Å². The molecule has 0 aromatic rings. The minimum atomic E-state index is -0.807. The van der Waals surface area contributed by atoms with Crippen LogP contribution in [0, 0.1) is 0 Å². The molecular weight excluding hydrogens is 793 g/mol. The van der Waals surface area contributed by atoms with Gasteiger partial charge in [-0.1, -0.05) is 200 Å². The van der Waals surface area contributed by atoms with Crippen molar-refractivity contribution in [3.8, 4) is 0 Å². The van der Waals surface area contributed by atoms with E-state index in [2.05, 4.69) is 142 Å². The Morgan fingerprint density at radius 2 is 0.609 bits per heavy atom. The second kappa shape index (κ2) is 51.4. The molecule has 0 N–H and O–H groups in total. The number of hydrogen-bond donors (Lipinski definition) is 0. The molecular formula is C58H92O6. The molecule has 0 spiro atoms. The molecule has 0 bridgehead atoms. The summed E-state index contributed by atoms with van der Waals surface area (Å²) in [5.74, 6) is -0.982. The van der Waals surface area contributed by atoms with E-state index >= 15 is 0 Å². The maximum atomic E-state index is 12.7. The lowest BCUT2D eigenvalue weighted by Crippen LogP contribution is -2.30. The van der Waals surface area contributed by atoms with E-state index in [1.165, 1.54) is 32.1 Å². The average molecular weight is 885 g/mol. The molecule has 360 valence electrons. The van der Waals surface area contributed by atoms with Gasteiger partial charge in [-0.05, 0) is 109 Å². The fourth-order valence-corrected chi connectivity index (χ4v) is 6.43. The van der Waals surface area contributed by atoms with Gasteiger partial charge >= 0.3 is 17.9 Å². The van der Waals surface area contributed by atoms with Crippen molar-refractivity contribution < 1.29 is 28.6 Å². The van der Waals surface area contributed by atoms with Crippen molar-refractivity contribution in [1.29, 1.82) is 0 Å². The molecule has 6 nitrogen and oxygen atoms in total. The second-order valence-corrected chi connectivity index (χ2v) is 16.3. The Labute approximate surface area is 392 Å². The number of carbonyl (C=O) groups is 3. The van der Waals surface area contributed by atoms with E-state index < -0.39 is 6.10 Å². The third-order valence-electron chi connectivity index (χ3n) is 10.2. The van der Waals surface area contributed by atoms with Crippen LogP contribution >= 0.6 is 0 Å². The van der Waals surface area contributed by atoms with Gasteiger partial charge in [0.25, 0.3) is 0 Å². The van der Waals surface area contributed by atoms with Gasteiger partial charge < -0.3 is 14.2 Å². The first-order chi connectivity index (χ1) is 31.5. The molecule has 0 rings (SSSR count). The molecule has 0 aromatic carbocycles. The van der Waals surface area contributed by atoms with Crippen LogP contribution in [0.4, 0.5) is 0 Å². The smallest absolute Gasteiger partial charge is 0.306 e. The molecule has 6 heteroatoms. The number of carbonyl (C=O) groups excluding carboxylic acids is 3. The molecule has 0 heterocycles. The second-order valence-electron chi connectivity index (χ2n) is 16.3. The van der Waals surface area contributed by atoms with Gasteiger partial charge in [0.15, 0.2) is 6.10 Å². The first-order valence-electron chi connectivity index (χ1n) is 25.5. The minimum Gasteiger partial charge on any atom is -0.462 e. The zero-order valence-corrected chi connectivity index (χ0v) is 41.0. The maximum absolute atomic E-state index is 12.7. The predicted octanol–water partition coefficient (Wildman–Crippen LogP) is 16.9. The van der Waals surface area contributed by atoms with Gasteiger partial charge in [0.2, 0.25) is 0 Å². The molecule has 0 aliphatic rings. The van der Waals surface area contributed by atoms with Gasteiger partial charge in [0.1, 0.15) is 13.2 Å². The van der Waals surface area contributed by atoms with Crippen molar-refractivity contribution in [2.45, 2.75) is 213 Å². The number of esters is 3. The van der Waals surface area contributed by atoms with Crippen LogP contribution in [0.3, 0.4) is 0 Å². The van der Waals surface area contributed by atoms with E-state index in [0.29, 0.717) is 12.8 Å². The molecule has 0 fully saturated rings. The Kier molecular flexibility index (Phi) is 48.1. The minimum absolute atomic E-state index is 0.103. The number of ether oxygens (including phenoxy) is 3. The highest BCUT2D eigenvalue weighted by atomic mass is 16.6. The van der Waals surface area contributed by atoms with E-state index in [1.54, 1.807) is 0 Å². The number of unbranched alkanes of at least 4 members (excludes halogenated alkanes) is 13. The van der Waals surface area contributed by atoms with Gasteiger partial charge in [0, 0.05) is 19.3 Å². The molecule has 1 atom stereocenters. The lowest BCUT2D eigenvalue weighted by atomic mass is 10.1. The summed E-state index contributed by atoms with van der Waals surface area (Å²) in [6, 6.07) is 0. The van der Waals surface area contributed by atoms with Crippen LogP contribution < -0.4 is 0 Å². The predicted molar refractivity (Wildman–Crippen MR) is 274 cm³/mol. The highest BCUT2D eigenvalue weighted by Crippen LogP contribution is 2.12. The highest BCUT2D eigenvalue weighted by Gasteiger charge is 2.19. The number of rotatable bonds is 44. The summed E-state index contributed by atoms with van der Waals surface area (Å²) in [5, 5.41) is 0. The van der Waals surface area contributed by atoms with Gasteiger partial charge in [0.05, 0.1) is 0 Å². The SMILES string of the molecule is CC/C=C\C/C=C\C/C=C\C/C=C\C/C=C\C/C=C\C/C=C\CCCCCC(=O)OCC(COC(=O)CCCCCCCCCC)OC(=O)CCCCC/C=C\C/C=C\C/C=C\CC. The lowest BCUT2D eigenvalue weighted by Gasteiger charge is -2.18. The third-order valence-corrected chi connectivity index (χ3v) is 10.2. The van der Waals surface area contributed by atoms with Crippen LogP contribution in [0.25, 0.3) is 0 Å². The zero-order chi connectivity index (χ0) is 46.5. The first kappa shape index (κ1) is 59.8. The fraction of sp³-hybridized carbons (Fsp3) is 0.603. The average Bonchev–Trinajstić information content (AvgIpc) is 3.29. The van der Waals surface area contributed by atoms with Crippen LogP contribution in [-0.2, 0) is 28.6 Å². The monoisotopic (exact) mass is 885 g/mol. The third kappa shape index (κ3) is 48.8. The van der Waals surface area contributed by atoms with E-state index in [4.69, 9.17) is 14.2 Å². The fourth-order valence-electron chi connectivity index (χ4n) is 6.43. The van der Waals surface area contributed by atoms with Crippen LogP contribution in [0.5, 0.6) is 0 Å². The van der Waals surface area contributed by atoms with E-state index in [9.17, 15) is 14.4 Å². The van der Waals surface area contributed by atoms with Crippen LogP contribution in [0.1, 0.15) is 207 Å². The Hall–Kier alpha value is -4.19. The molecule has 0 amide bonds. The van der Waals surface area contributed by atoms with Crippen molar-refractivity contribution in [1.82, 2.24) is 0 Å². The van der Waals surface area contributed by atoms with Crippen molar-refractivity contribution in [2.24, 2.45) is 0 Å². The normalized spacial score (nSPS) is 13.1. The molecule has 0 saturated carbocycles. The van der Waals surface area contributed by atoms with Gasteiger partial charge in [-0.3, -0.25) is 14.4 Å². The summed E-state index contributed by atoms with van der Waals surface area (Å²) < 4.78 is 16.7. The van der Waals surface area contributed by atoms with Crippen LogP contribution in [0.15, 0.2) is 122 Å². The van der Waals surface area contributed by atoms with E-state index in [-0.39, 0.29) is 37.5 Å². The Morgan fingerprint density at radius 1 is 0.328 bits per heavy atom. The standard InChI is InChI=1S/C58H92O6/c1-4-7-10-13-16-19-21-23-24-25-26-27-28-29-30-31-32-33-34-36-37-39-42-45-48-51-57(60)63-54-55(53-62-56(59)50-47-44-41-18-15-12-9-6-3)64-58(61)52-49-46-43-40-38-35-22-20-17-14-11-8-5-2/h7-8,10-11,16-17,19-20,23-24,26-27,29-30,32-33,35-38,55H,4-6,9,12-15,18,21-22,25,28,31,34,39-54H2,1-3H3/b10-7-,11-8-,19-16-,20-17-,24-23-,27-26-,30-29-,33-32-,37-36-,38-35-. The molecule has 0 saturated heterocycles. The number of allylic oxidation sites excluding steroid dienone is 20. The topological polar surface area (TPSA) is 78.9 Å². The van der Waals surface area contributed by atoms with Crippen molar-refractivity contribution >= 4 is 17.9 Å². The molecule has 0 aliphatic heterocycles. The Balaban J connectivity index is 4.37. The van der Waals surface area contributed by atoms with E-state index in [1.807, 2.05) is 0 Å². The van der Waals surface area contributed by atoms with Crippen molar-refractivity contribution in [3.05, 3.63) is 122 Å². The summed E-state index contributed by atoms with van der Waals surface area (Å²) in [6.45, 7) is 6.30. The Bertz CT molecular complexity index is 1390. The summed E-state index contributed by atoms with van der Waals surface area (Å²) in [7, 11) is 0. The van der Waals surface area contributed by atoms with Crippen LogP contribution in [-0.4, -0.2) is 37.2 Å². The molecule has 0 aromatic heterocycles. The Morgan fingerprint density at radius 3 is 0.953 bits per heavy atom. The van der Waals surface area contributed by atoms with Crippen molar-refractivity contribution in [3.63, 3.8) is 0 Å². The summed E-state index contributed by atoms with van der Waals surface area (Å²) in [4.78, 5) is 37.8. The molecule has 0 aliphatic carbocycles. The van der Waals surface area contributed by atoms with Gasteiger partial charge in [-0.25, -0.2) is 0 Å². The maximum Gasteiger partial charge on any atom is 0.306 e. The summed E-state index contributed by atoms with van der Waals surface area (Å²) in [6.07, 6.45) is 70.6. The summed E-state index contributed by atoms with van der Waals surface area (Å²) in [5.41, 5.74) is 0. The molecule has 1 unspecified atom stereocenters. The zero-order valence-electron chi connectivity index (χ0n) is 41.0. The highest BCUT2D eigenvalue weighted by molar-refractivity contribution is 5.71. The quantitative estimate of drug-likeness (QED) is 0.0262. The summed E-state index contributed by atoms with van der Waals surface area (Å²) >= 11 is 0. The molecule has 0 radical (unpaired) electrons. The lowest BCUT2D eigenvalue weighted by molar-refractivity contribution is -0.167. The largest absolute Gasteiger partial charge is 0.462 e.